The van der Waals surface area contributed by atoms with Crippen LogP contribution in [-0.4, -0.2) is 4.55 Å². The highest BCUT2D eigenvalue weighted by molar-refractivity contribution is 7.74. The van der Waals surface area contributed by atoms with Crippen LogP contribution < -0.4 is 0 Å². The molecule has 1 nitrogen and oxygen atoms in total. The summed E-state index contributed by atoms with van der Waals surface area (Å²) in [4.78, 5) is 0. The summed E-state index contributed by atoms with van der Waals surface area (Å²) in [6.07, 6.45) is 0. The maximum atomic E-state index is 6.69. The Hall–Kier alpha value is -0.960. The molecule has 1 N–H and O–H groups in total. The standard InChI is InChI=1S/C13H11Cl.H2OS/c1-10-6-5-9-12(14)13(10)11-7-3-2-4-8-11;1-2/h2-9H,1H3;1-2H. The first kappa shape index (κ1) is 13.1. The van der Waals surface area contributed by atoms with Gasteiger partial charge in [0.15, 0.2) is 0 Å². The molecule has 2 aromatic carbocycles. The van der Waals surface area contributed by atoms with E-state index in [0.717, 1.165) is 10.6 Å². The average Bonchev–Trinajstić information content (AvgIpc) is 2.33. The molecule has 16 heavy (non-hydrogen) atoms. The van der Waals surface area contributed by atoms with Gasteiger partial charge in [0.2, 0.25) is 0 Å². The zero-order valence-electron chi connectivity index (χ0n) is 8.89. The van der Waals surface area contributed by atoms with Crippen LogP contribution in [0.25, 0.3) is 11.1 Å². The Morgan fingerprint density at radius 3 is 2.12 bits per heavy atom. The molecule has 3 heteroatoms. The first-order valence-corrected chi connectivity index (χ1v) is 5.57. The van der Waals surface area contributed by atoms with Crippen LogP contribution in [0.2, 0.25) is 5.02 Å². The van der Waals surface area contributed by atoms with Crippen LogP contribution >= 0.6 is 24.5 Å². The molecule has 0 atom stereocenters. The van der Waals surface area contributed by atoms with E-state index in [2.05, 4.69) is 38.0 Å². The minimum atomic E-state index is 0.816. The van der Waals surface area contributed by atoms with Gasteiger partial charge in [0.25, 0.3) is 0 Å². The van der Waals surface area contributed by atoms with Gasteiger partial charge in [-0.1, -0.05) is 54.1 Å². The van der Waals surface area contributed by atoms with E-state index in [0.29, 0.717) is 0 Å². The van der Waals surface area contributed by atoms with Gasteiger partial charge in [0, 0.05) is 10.6 Å². The van der Waals surface area contributed by atoms with Crippen molar-refractivity contribution in [2.45, 2.75) is 6.92 Å². The molecule has 0 aliphatic carbocycles. The lowest BCUT2D eigenvalue weighted by Gasteiger charge is -2.07. The van der Waals surface area contributed by atoms with Gasteiger partial charge in [-0.3, -0.25) is 0 Å². The van der Waals surface area contributed by atoms with Crippen molar-refractivity contribution in [2.75, 3.05) is 0 Å². The van der Waals surface area contributed by atoms with E-state index in [-0.39, 0.29) is 0 Å². The number of aryl methyl sites for hydroxylation is 1. The molecule has 0 radical (unpaired) electrons. The highest BCUT2D eigenvalue weighted by atomic mass is 35.5. The molecule has 0 fully saturated rings. The van der Waals surface area contributed by atoms with Crippen molar-refractivity contribution in [1.29, 1.82) is 0 Å². The molecule has 0 aromatic heterocycles. The van der Waals surface area contributed by atoms with Gasteiger partial charge < -0.3 is 4.55 Å². The van der Waals surface area contributed by atoms with Crippen LogP contribution in [0.4, 0.5) is 0 Å². The first-order valence-electron chi connectivity index (χ1n) is 4.79. The third-order valence-electron chi connectivity index (χ3n) is 2.28. The molecule has 0 amide bonds. The Bertz CT molecular complexity index is 423. The molecular formula is C13H13ClOS. The summed E-state index contributed by atoms with van der Waals surface area (Å²) < 4.78 is 6.69. The van der Waals surface area contributed by atoms with Gasteiger partial charge in [-0.05, 0) is 37.0 Å². The van der Waals surface area contributed by atoms with E-state index in [4.69, 9.17) is 16.2 Å². The van der Waals surface area contributed by atoms with Gasteiger partial charge in [-0.2, -0.15) is 0 Å². The number of hydrogen-bond donors (Lipinski definition) is 2. The lowest BCUT2D eigenvalue weighted by atomic mass is 10.0. The Morgan fingerprint density at radius 2 is 1.56 bits per heavy atom. The van der Waals surface area contributed by atoms with Gasteiger partial charge >= 0.3 is 0 Å². The molecule has 0 saturated heterocycles. The molecule has 0 aliphatic rings. The maximum absolute atomic E-state index is 6.69. The number of rotatable bonds is 1. The monoisotopic (exact) mass is 252 g/mol. The summed E-state index contributed by atoms with van der Waals surface area (Å²) in [5.74, 6) is 0. The fraction of sp³-hybridized carbons (Fsp3) is 0.0769. The minimum absolute atomic E-state index is 0.816. The third-order valence-corrected chi connectivity index (χ3v) is 2.60. The van der Waals surface area contributed by atoms with Crippen molar-refractivity contribution >= 4 is 24.5 Å². The average molecular weight is 253 g/mol. The molecule has 2 rings (SSSR count). The van der Waals surface area contributed by atoms with E-state index in [9.17, 15) is 0 Å². The second-order valence-electron chi connectivity index (χ2n) is 3.30. The smallest absolute Gasteiger partial charge is 0.0487 e. The van der Waals surface area contributed by atoms with Crippen molar-refractivity contribution in [1.82, 2.24) is 0 Å². The van der Waals surface area contributed by atoms with Gasteiger partial charge in [-0.25, -0.2) is 0 Å². The van der Waals surface area contributed by atoms with Gasteiger partial charge in [-0.15, -0.1) is 0 Å². The molecule has 0 bridgehead atoms. The second kappa shape index (κ2) is 6.59. The third kappa shape index (κ3) is 3.01. The van der Waals surface area contributed by atoms with Crippen molar-refractivity contribution in [3.63, 3.8) is 0 Å². The van der Waals surface area contributed by atoms with E-state index in [1.54, 1.807) is 0 Å². The van der Waals surface area contributed by atoms with Crippen LogP contribution in [0.5, 0.6) is 0 Å². The summed E-state index contributed by atoms with van der Waals surface area (Å²) in [5, 5.41) is 0.816. The Balaban J connectivity index is 0.000000606. The second-order valence-corrected chi connectivity index (χ2v) is 3.70. The molecule has 84 valence electrons. The zero-order valence-corrected chi connectivity index (χ0v) is 10.5. The van der Waals surface area contributed by atoms with Gasteiger partial charge in [0.05, 0.1) is 0 Å². The van der Waals surface area contributed by atoms with Crippen LogP contribution in [0.1, 0.15) is 5.56 Å². The fourth-order valence-electron chi connectivity index (χ4n) is 1.60. The quantitative estimate of drug-likeness (QED) is 0.557. The van der Waals surface area contributed by atoms with E-state index in [1.165, 1.54) is 11.1 Å². The van der Waals surface area contributed by atoms with Crippen molar-refractivity contribution < 1.29 is 4.55 Å². The van der Waals surface area contributed by atoms with Crippen LogP contribution in [-0.2, 0) is 0 Å². The van der Waals surface area contributed by atoms with Crippen molar-refractivity contribution in [3.05, 3.63) is 59.1 Å². The maximum Gasteiger partial charge on any atom is 0.0487 e. The summed E-state index contributed by atoms with van der Waals surface area (Å²) in [6.45, 7) is 2.08. The fourth-order valence-corrected chi connectivity index (χ4v) is 1.93. The predicted octanol–water partition coefficient (Wildman–Crippen LogP) is 4.70. The lowest BCUT2D eigenvalue weighted by Crippen LogP contribution is -1.83. The van der Waals surface area contributed by atoms with Gasteiger partial charge in [0.1, 0.15) is 0 Å². The first-order chi connectivity index (χ1) is 7.79. The molecule has 0 saturated carbocycles. The van der Waals surface area contributed by atoms with E-state index in [1.807, 2.05) is 30.3 Å². The largest absolute Gasteiger partial charge is 0.333 e. The molecule has 2 aromatic rings. The Kier molecular flexibility index (Phi) is 5.39. The molecular weight excluding hydrogens is 240 g/mol. The topological polar surface area (TPSA) is 20.2 Å². The molecule has 0 aliphatic heterocycles. The molecule has 0 unspecified atom stereocenters. The van der Waals surface area contributed by atoms with Crippen LogP contribution in [0.3, 0.4) is 0 Å². The van der Waals surface area contributed by atoms with Crippen LogP contribution in [0, 0.1) is 6.92 Å². The van der Waals surface area contributed by atoms with E-state index < -0.39 is 0 Å². The lowest BCUT2D eigenvalue weighted by molar-refractivity contribution is 0.679. The summed E-state index contributed by atoms with van der Waals surface area (Å²) in [6, 6.07) is 16.2. The predicted molar refractivity (Wildman–Crippen MR) is 73.2 cm³/mol. The number of thiol groups is 1. The highest BCUT2D eigenvalue weighted by Crippen LogP contribution is 2.30. The molecule has 0 spiro atoms. The summed E-state index contributed by atoms with van der Waals surface area (Å²) in [5.41, 5.74) is 3.52. The van der Waals surface area contributed by atoms with Crippen molar-refractivity contribution in [3.8, 4) is 11.1 Å². The number of benzene rings is 2. The number of hydrogen-bond acceptors (Lipinski definition) is 2. The Labute approximate surface area is 106 Å². The van der Waals surface area contributed by atoms with Crippen molar-refractivity contribution in [2.24, 2.45) is 0 Å². The normalized spacial score (nSPS) is 9.25. The summed E-state index contributed by atoms with van der Waals surface area (Å²) >= 11 is 8.69. The minimum Gasteiger partial charge on any atom is -0.333 e. The SMILES string of the molecule is Cc1cccc(Cl)c1-c1ccccc1.OS. The number of halogens is 1. The highest BCUT2D eigenvalue weighted by Gasteiger charge is 2.04. The summed E-state index contributed by atoms with van der Waals surface area (Å²) in [7, 11) is 0. The molecule has 0 heterocycles. The zero-order chi connectivity index (χ0) is 12.0. The van der Waals surface area contributed by atoms with Crippen LogP contribution in [0.15, 0.2) is 48.5 Å². The Morgan fingerprint density at radius 1 is 0.938 bits per heavy atom. The van der Waals surface area contributed by atoms with E-state index >= 15 is 0 Å².